The van der Waals surface area contributed by atoms with E-state index in [2.05, 4.69) is 28.8 Å². The van der Waals surface area contributed by atoms with Crippen LogP contribution in [0.15, 0.2) is 6.20 Å². The molecule has 0 aromatic carbocycles. The zero-order chi connectivity index (χ0) is 11.8. The van der Waals surface area contributed by atoms with Crippen molar-refractivity contribution in [3.05, 3.63) is 11.9 Å². The predicted octanol–water partition coefficient (Wildman–Crippen LogP) is 1.38. The molecule has 1 aromatic heterocycles. The second kappa shape index (κ2) is 4.09. The summed E-state index contributed by atoms with van der Waals surface area (Å²) in [5.74, 6) is 1.01. The summed E-state index contributed by atoms with van der Waals surface area (Å²) in [6.45, 7) is 4.37. The first-order chi connectivity index (χ1) is 7.52. The zero-order valence-corrected chi connectivity index (χ0v) is 10.7. The molecule has 0 atom stereocenters. The smallest absolute Gasteiger partial charge is 0.204 e. The van der Waals surface area contributed by atoms with Crippen molar-refractivity contribution in [3.63, 3.8) is 0 Å². The molecule has 1 aliphatic carbocycles. The molecule has 4 heteroatoms. The second-order valence-corrected chi connectivity index (χ2v) is 5.42. The van der Waals surface area contributed by atoms with Crippen molar-refractivity contribution in [1.29, 1.82) is 0 Å². The van der Waals surface area contributed by atoms with E-state index in [1.54, 1.807) is 0 Å². The summed E-state index contributed by atoms with van der Waals surface area (Å²) >= 11 is 0. The van der Waals surface area contributed by atoms with Gasteiger partial charge in [0.05, 0.1) is 11.9 Å². The Morgan fingerprint density at radius 3 is 2.69 bits per heavy atom. The molecule has 1 saturated carbocycles. The van der Waals surface area contributed by atoms with E-state index in [0.717, 1.165) is 19.0 Å². The molecule has 16 heavy (non-hydrogen) atoms. The highest BCUT2D eigenvalue weighted by Crippen LogP contribution is 2.44. The summed E-state index contributed by atoms with van der Waals surface area (Å²) in [6.07, 6.45) is 4.69. The van der Waals surface area contributed by atoms with Gasteiger partial charge in [0, 0.05) is 34.2 Å². The first-order valence-electron chi connectivity index (χ1n) is 5.90. The number of nitrogens with zero attached hydrogens (tertiary/aromatic N) is 3. The molecular formula is C12H22N4. The lowest BCUT2D eigenvalue weighted by molar-refractivity contribution is 0.493. The van der Waals surface area contributed by atoms with Gasteiger partial charge in [0.2, 0.25) is 5.95 Å². The Hall–Kier alpha value is -1.03. The van der Waals surface area contributed by atoms with Gasteiger partial charge in [-0.05, 0) is 18.3 Å². The average Bonchev–Trinajstić information content (AvgIpc) is 2.82. The number of hydrogen-bond donors (Lipinski definition) is 1. The van der Waals surface area contributed by atoms with Crippen molar-refractivity contribution in [3.8, 4) is 0 Å². The molecular weight excluding hydrogens is 200 g/mol. The average molecular weight is 222 g/mol. The molecule has 0 spiro atoms. The van der Waals surface area contributed by atoms with Crippen molar-refractivity contribution in [1.82, 2.24) is 14.9 Å². The minimum atomic E-state index is 0.572. The summed E-state index contributed by atoms with van der Waals surface area (Å²) in [5.41, 5.74) is 1.82. The molecule has 0 aliphatic heterocycles. The molecule has 0 radical (unpaired) electrons. The van der Waals surface area contributed by atoms with Gasteiger partial charge in [-0.25, -0.2) is 4.98 Å². The third-order valence-electron chi connectivity index (χ3n) is 3.42. The van der Waals surface area contributed by atoms with Crippen LogP contribution < -0.4 is 10.2 Å². The van der Waals surface area contributed by atoms with Crippen LogP contribution in [0.1, 0.15) is 25.5 Å². The van der Waals surface area contributed by atoms with Gasteiger partial charge in [-0.15, -0.1) is 0 Å². The van der Waals surface area contributed by atoms with Gasteiger partial charge in [-0.1, -0.05) is 6.92 Å². The molecule has 4 nitrogen and oxygen atoms in total. The summed E-state index contributed by atoms with van der Waals surface area (Å²) in [5, 5.41) is 3.52. The van der Waals surface area contributed by atoms with Gasteiger partial charge in [-0.3, -0.25) is 0 Å². The fourth-order valence-electron chi connectivity index (χ4n) is 1.90. The van der Waals surface area contributed by atoms with Crippen LogP contribution in [-0.4, -0.2) is 30.2 Å². The molecule has 1 aliphatic rings. The molecule has 1 heterocycles. The monoisotopic (exact) mass is 222 g/mol. The van der Waals surface area contributed by atoms with E-state index >= 15 is 0 Å². The SMILES string of the molecule is CN(C)c1ncc(CNCC2(C)CC2)n1C. The van der Waals surface area contributed by atoms with Crippen molar-refractivity contribution in [2.75, 3.05) is 25.5 Å². The standard InChI is InChI=1S/C12H22N4/c1-12(5-6-12)9-13-7-10-8-14-11(15(2)3)16(10)4/h8,13H,5-7,9H2,1-4H3. The molecule has 0 saturated heterocycles. The van der Waals surface area contributed by atoms with Crippen molar-refractivity contribution in [2.45, 2.75) is 26.3 Å². The van der Waals surface area contributed by atoms with E-state index in [4.69, 9.17) is 0 Å². The van der Waals surface area contributed by atoms with Crippen molar-refractivity contribution >= 4 is 5.95 Å². The van der Waals surface area contributed by atoms with E-state index < -0.39 is 0 Å². The number of anilines is 1. The number of nitrogens with one attached hydrogen (secondary N) is 1. The van der Waals surface area contributed by atoms with E-state index in [-0.39, 0.29) is 0 Å². The van der Waals surface area contributed by atoms with Crippen molar-refractivity contribution < 1.29 is 0 Å². The van der Waals surface area contributed by atoms with Gasteiger partial charge in [-0.2, -0.15) is 0 Å². The maximum absolute atomic E-state index is 4.39. The number of aromatic nitrogens is 2. The van der Waals surface area contributed by atoms with Gasteiger partial charge in [0.25, 0.3) is 0 Å². The molecule has 90 valence electrons. The molecule has 1 N–H and O–H groups in total. The van der Waals surface area contributed by atoms with Crippen LogP contribution >= 0.6 is 0 Å². The van der Waals surface area contributed by atoms with Gasteiger partial charge in [0.1, 0.15) is 0 Å². The number of hydrogen-bond acceptors (Lipinski definition) is 3. The third-order valence-corrected chi connectivity index (χ3v) is 3.42. The highest BCUT2D eigenvalue weighted by atomic mass is 15.3. The van der Waals surface area contributed by atoms with Crippen LogP contribution in [0.5, 0.6) is 0 Å². The Bertz CT molecular complexity index is 363. The molecule has 2 rings (SSSR count). The summed E-state index contributed by atoms with van der Waals surface area (Å²) in [7, 11) is 6.10. The van der Waals surface area contributed by atoms with Crippen LogP contribution in [0.2, 0.25) is 0 Å². The molecule has 0 unspecified atom stereocenters. The van der Waals surface area contributed by atoms with Crippen molar-refractivity contribution in [2.24, 2.45) is 12.5 Å². The Labute approximate surface area is 97.7 Å². The zero-order valence-electron chi connectivity index (χ0n) is 10.7. The Morgan fingerprint density at radius 1 is 1.50 bits per heavy atom. The normalized spacial score (nSPS) is 17.5. The highest BCUT2D eigenvalue weighted by Gasteiger charge is 2.36. The second-order valence-electron chi connectivity index (χ2n) is 5.42. The van der Waals surface area contributed by atoms with Crippen LogP contribution in [0.25, 0.3) is 0 Å². The molecule has 1 aromatic rings. The van der Waals surface area contributed by atoms with Crippen LogP contribution in [-0.2, 0) is 13.6 Å². The van der Waals surface area contributed by atoms with Crippen LogP contribution in [0.3, 0.4) is 0 Å². The number of rotatable bonds is 5. The fraction of sp³-hybridized carbons (Fsp3) is 0.750. The lowest BCUT2D eigenvalue weighted by atomic mass is 10.1. The molecule has 1 fully saturated rings. The minimum Gasteiger partial charge on any atom is -0.348 e. The minimum absolute atomic E-state index is 0.572. The van der Waals surface area contributed by atoms with Gasteiger partial charge in [0.15, 0.2) is 0 Å². The summed E-state index contributed by atoms with van der Waals surface area (Å²) in [6, 6.07) is 0. The van der Waals surface area contributed by atoms with Gasteiger partial charge < -0.3 is 14.8 Å². The first-order valence-corrected chi connectivity index (χ1v) is 5.90. The Morgan fingerprint density at radius 2 is 2.19 bits per heavy atom. The van der Waals surface area contributed by atoms with Crippen LogP contribution in [0, 0.1) is 5.41 Å². The van der Waals surface area contributed by atoms with Gasteiger partial charge >= 0.3 is 0 Å². The first kappa shape index (κ1) is 11.5. The van der Waals surface area contributed by atoms with E-state index in [0.29, 0.717) is 5.41 Å². The third kappa shape index (κ3) is 2.38. The highest BCUT2D eigenvalue weighted by molar-refractivity contribution is 5.30. The quantitative estimate of drug-likeness (QED) is 0.817. The van der Waals surface area contributed by atoms with E-state index in [1.165, 1.54) is 18.5 Å². The summed E-state index contributed by atoms with van der Waals surface area (Å²) in [4.78, 5) is 6.43. The largest absolute Gasteiger partial charge is 0.348 e. The molecule has 0 bridgehead atoms. The maximum Gasteiger partial charge on any atom is 0.204 e. The Kier molecular flexibility index (Phi) is 2.93. The topological polar surface area (TPSA) is 33.1 Å². The van der Waals surface area contributed by atoms with E-state index in [9.17, 15) is 0 Å². The van der Waals surface area contributed by atoms with Crippen LogP contribution in [0.4, 0.5) is 5.95 Å². The summed E-state index contributed by atoms with van der Waals surface area (Å²) < 4.78 is 2.14. The predicted molar refractivity (Wildman–Crippen MR) is 66.6 cm³/mol. The lowest BCUT2D eigenvalue weighted by Gasteiger charge is -2.13. The van der Waals surface area contributed by atoms with E-state index in [1.807, 2.05) is 25.2 Å². The Balaban J connectivity index is 1.89. The maximum atomic E-state index is 4.39. The number of imidazole rings is 1. The lowest BCUT2D eigenvalue weighted by Crippen LogP contribution is -2.23. The fourth-order valence-corrected chi connectivity index (χ4v) is 1.90. The molecule has 0 amide bonds.